The molecule has 0 N–H and O–H groups in total. The quantitative estimate of drug-likeness (QED) is 0.498. The first-order chi connectivity index (χ1) is 6.06. The summed E-state index contributed by atoms with van der Waals surface area (Å²) in [6.45, 7) is 1.39. The summed E-state index contributed by atoms with van der Waals surface area (Å²) in [5.41, 5.74) is 0. The Kier molecular flexibility index (Phi) is 6.49. The standard InChI is InChI=1S/C9H14O3S/c1-7(10)5-8(11)3-2-4-9(12)6-13/h13H,2-6H2,1H3. The monoisotopic (exact) mass is 202 g/mol. The smallest absolute Gasteiger partial charge is 0.142 e. The number of hydrogen-bond acceptors (Lipinski definition) is 4. The summed E-state index contributed by atoms with van der Waals surface area (Å²) in [4.78, 5) is 32.2. The highest BCUT2D eigenvalue weighted by Crippen LogP contribution is 2.01. The molecule has 0 bridgehead atoms. The van der Waals surface area contributed by atoms with E-state index in [2.05, 4.69) is 12.6 Å². The third-order valence-corrected chi connectivity index (χ3v) is 1.89. The molecule has 0 aromatic heterocycles. The van der Waals surface area contributed by atoms with Gasteiger partial charge in [-0.1, -0.05) is 0 Å². The SMILES string of the molecule is CC(=O)CC(=O)CCCC(=O)CS. The molecule has 0 heterocycles. The number of hydrogen-bond donors (Lipinski definition) is 1. The summed E-state index contributed by atoms with van der Waals surface area (Å²) in [5, 5.41) is 0. The van der Waals surface area contributed by atoms with Gasteiger partial charge in [0.05, 0.1) is 6.42 Å². The lowest BCUT2D eigenvalue weighted by molar-refractivity contribution is -0.125. The molecule has 0 aliphatic heterocycles. The molecule has 0 spiro atoms. The number of ketones is 3. The van der Waals surface area contributed by atoms with Crippen LogP contribution in [0.15, 0.2) is 0 Å². The van der Waals surface area contributed by atoms with E-state index in [0.29, 0.717) is 19.3 Å². The fourth-order valence-electron chi connectivity index (χ4n) is 0.928. The van der Waals surface area contributed by atoms with Crippen molar-refractivity contribution in [2.45, 2.75) is 32.6 Å². The Morgan fingerprint density at radius 2 is 1.62 bits per heavy atom. The van der Waals surface area contributed by atoms with Crippen LogP contribution in [0.2, 0.25) is 0 Å². The largest absolute Gasteiger partial charge is 0.300 e. The van der Waals surface area contributed by atoms with Crippen LogP contribution in [0.4, 0.5) is 0 Å². The van der Waals surface area contributed by atoms with Gasteiger partial charge in [-0.15, -0.1) is 0 Å². The molecule has 0 aliphatic rings. The molecular weight excluding hydrogens is 188 g/mol. The van der Waals surface area contributed by atoms with Crippen LogP contribution in [0.25, 0.3) is 0 Å². The summed E-state index contributed by atoms with van der Waals surface area (Å²) in [6.07, 6.45) is 1.23. The van der Waals surface area contributed by atoms with Crippen LogP contribution < -0.4 is 0 Å². The maximum Gasteiger partial charge on any atom is 0.142 e. The van der Waals surface area contributed by atoms with Gasteiger partial charge in [0.25, 0.3) is 0 Å². The lowest BCUT2D eigenvalue weighted by Crippen LogP contribution is -2.06. The van der Waals surface area contributed by atoms with Crippen LogP contribution in [0.3, 0.4) is 0 Å². The van der Waals surface area contributed by atoms with Crippen molar-refractivity contribution < 1.29 is 14.4 Å². The number of thiol groups is 1. The molecule has 0 amide bonds. The maximum atomic E-state index is 11.0. The topological polar surface area (TPSA) is 51.2 Å². The number of Topliss-reactive ketones (excluding diaryl/α,β-unsaturated/α-hetero) is 3. The van der Waals surface area contributed by atoms with Crippen LogP contribution in [0, 0.1) is 0 Å². The van der Waals surface area contributed by atoms with Gasteiger partial charge in [0.1, 0.15) is 17.3 Å². The molecule has 3 nitrogen and oxygen atoms in total. The predicted octanol–water partition coefficient (Wildman–Crippen LogP) is 1.20. The minimum atomic E-state index is -0.120. The van der Waals surface area contributed by atoms with Gasteiger partial charge in [-0.05, 0) is 13.3 Å². The molecular formula is C9H14O3S. The van der Waals surface area contributed by atoms with Gasteiger partial charge in [0, 0.05) is 18.6 Å². The summed E-state index contributed by atoms with van der Waals surface area (Å²) < 4.78 is 0. The first kappa shape index (κ1) is 12.4. The molecule has 0 unspecified atom stereocenters. The van der Waals surface area contributed by atoms with E-state index in [1.807, 2.05) is 0 Å². The predicted molar refractivity (Wildman–Crippen MR) is 53.0 cm³/mol. The average molecular weight is 202 g/mol. The molecule has 4 heteroatoms. The van der Waals surface area contributed by atoms with E-state index in [9.17, 15) is 14.4 Å². The molecule has 0 radical (unpaired) electrons. The van der Waals surface area contributed by atoms with Gasteiger partial charge >= 0.3 is 0 Å². The second-order valence-corrected chi connectivity index (χ2v) is 3.28. The zero-order valence-corrected chi connectivity index (χ0v) is 8.60. The van der Waals surface area contributed by atoms with Gasteiger partial charge in [-0.25, -0.2) is 0 Å². The highest BCUT2D eigenvalue weighted by atomic mass is 32.1. The van der Waals surface area contributed by atoms with Crippen LogP contribution in [-0.2, 0) is 14.4 Å². The van der Waals surface area contributed by atoms with Gasteiger partial charge in [-0.3, -0.25) is 14.4 Å². The second kappa shape index (κ2) is 6.83. The molecule has 0 atom stereocenters. The van der Waals surface area contributed by atoms with Crippen molar-refractivity contribution in [2.75, 3.05) is 5.75 Å². The Morgan fingerprint density at radius 3 is 2.08 bits per heavy atom. The van der Waals surface area contributed by atoms with Crippen LogP contribution in [0.5, 0.6) is 0 Å². The van der Waals surface area contributed by atoms with Gasteiger partial charge in [0.2, 0.25) is 0 Å². The third kappa shape index (κ3) is 7.71. The van der Waals surface area contributed by atoms with Gasteiger partial charge in [0.15, 0.2) is 0 Å². The number of carbonyl (C=O) groups excluding carboxylic acids is 3. The summed E-state index contributed by atoms with van der Waals surface area (Å²) in [7, 11) is 0. The fraction of sp³-hybridized carbons (Fsp3) is 0.667. The first-order valence-electron chi connectivity index (χ1n) is 4.20. The molecule has 0 aromatic rings. The first-order valence-corrected chi connectivity index (χ1v) is 4.83. The molecule has 13 heavy (non-hydrogen) atoms. The highest BCUT2D eigenvalue weighted by Gasteiger charge is 2.06. The van der Waals surface area contributed by atoms with E-state index in [1.165, 1.54) is 6.92 Å². The second-order valence-electron chi connectivity index (χ2n) is 2.97. The van der Waals surface area contributed by atoms with Gasteiger partial charge < -0.3 is 0 Å². The summed E-state index contributed by atoms with van der Waals surface area (Å²) >= 11 is 3.81. The van der Waals surface area contributed by atoms with Crippen molar-refractivity contribution in [2.24, 2.45) is 0 Å². The third-order valence-electron chi connectivity index (χ3n) is 1.53. The Labute approximate surface area is 83.3 Å². The number of rotatable bonds is 7. The Bertz CT molecular complexity index is 211. The van der Waals surface area contributed by atoms with E-state index in [0.717, 1.165) is 0 Å². The average Bonchev–Trinajstić information content (AvgIpc) is 2.02. The fourth-order valence-corrected chi connectivity index (χ4v) is 1.09. The normalized spacial score (nSPS) is 9.69. The van der Waals surface area contributed by atoms with E-state index < -0.39 is 0 Å². The molecule has 74 valence electrons. The summed E-state index contributed by atoms with van der Waals surface area (Å²) in [6, 6.07) is 0. The van der Waals surface area contributed by atoms with Crippen molar-refractivity contribution in [1.82, 2.24) is 0 Å². The zero-order valence-electron chi connectivity index (χ0n) is 7.71. The molecule has 0 aliphatic carbocycles. The maximum absolute atomic E-state index is 11.0. The van der Waals surface area contributed by atoms with E-state index >= 15 is 0 Å². The van der Waals surface area contributed by atoms with E-state index in [1.54, 1.807) is 0 Å². The van der Waals surface area contributed by atoms with Gasteiger partial charge in [-0.2, -0.15) is 12.6 Å². The van der Waals surface area contributed by atoms with Crippen molar-refractivity contribution in [3.05, 3.63) is 0 Å². The molecule has 0 saturated carbocycles. The molecule has 0 rings (SSSR count). The minimum absolute atomic E-state index is 0.00490. The van der Waals surface area contributed by atoms with Crippen molar-refractivity contribution in [1.29, 1.82) is 0 Å². The Hall–Kier alpha value is -0.640. The molecule has 0 fully saturated rings. The Morgan fingerprint density at radius 1 is 1.08 bits per heavy atom. The van der Waals surface area contributed by atoms with Crippen molar-refractivity contribution in [3.63, 3.8) is 0 Å². The zero-order chi connectivity index (χ0) is 10.3. The summed E-state index contributed by atoms with van der Waals surface area (Å²) in [5.74, 6) is 0.0601. The lowest BCUT2D eigenvalue weighted by atomic mass is 10.1. The van der Waals surface area contributed by atoms with Crippen molar-refractivity contribution >= 4 is 30.0 Å². The van der Waals surface area contributed by atoms with Crippen LogP contribution >= 0.6 is 12.6 Å². The highest BCUT2D eigenvalue weighted by molar-refractivity contribution is 7.81. The van der Waals surface area contributed by atoms with E-state index in [-0.39, 0.29) is 29.5 Å². The van der Waals surface area contributed by atoms with Crippen molar-refractivity contribution in [3.8, 4) is 0 Å². The van der Waals surface area contributed by atoms with Crippen LogP contribution in [-0.4, -0.2) is 23.1 Å². The molecule has 0 saturated heterocycles. The van der Waals surface area contributed by atoms with E-state index in [4.69, 9.17) is 0 Å². The van der Waals surface area contributed by atoms with Crippen LogP contribution in [0.1, 0.15) is 32.6 Å². The lowest BCUT2D eigenvalue weighted by Gasteiger charge is -1.97. The Balaban J connectivity index is 3.48. The minimum Gasteiger partial charge on any atom is -0.300 e. The molecule has 0 aromatic carbocycles. The number of carbonyl (C=O) groups is 3.